The van der Waals surface area contributed by atoms with E-state index in [1.54, 1.807) is 57.8 Å². The minimum Gasteiger partial charge on any atom is -0.807 e. The van der Waals surface area contributed by atoms with Gasteiger partial charge in [0.1, 0.15) is 0 Å². The smallest absolute Gasteiger partial charge is 0.807 e. The fraction of sp³-hybridized carbons (Fsp3) is 1.00. The zero-order chi connectivity index (χ0) is 20.9. The van der Waals surface area contributed by atoms with E-state index in [2.05, 4.69) is 0 Å². The van der Waals surface area contributed by atoms with E-state index in [1.165, 1.54) is 57.8 Å². The van der Waals surface area contributed by atoms with E-state index < -0.39 is 7.05 Å². The first-order valence-corrected chi connectivity index (χ1v) is 16.8. The molecule has 12 aliphatic carbocycles. The molecule has 0 aromatic carbocycles. The van der Waals surface area contributed by atoms with Crippen molar-refractivity contribution in [1.82, 2.24) is 0 Å². The van der Waals surface area contributed by atoms with Gasteiger partial charge in [-0.05, 0) is 184 Å². The number of hydrogen-bond acceptors (Lipinski definition) is 0. The van der Waals surface area contributed by atoms with Crippen molar-refractivity contribution in [2.24, 2.45) is 53.3 Å². The maximum absolute atomic E-state index is 14.2. The summed E-state index contributed by atoms with van der Waals surface area (Å²) >= 11 is 0. The summed E-state index contributed by atoms with van der Waals surface area (Å²) in [5, 5.41) is 15.5. The molecule has 0 aromatic heterocycles. The largest absolute Gasteiger partial charge is 1.00 e. The van der Waals surface area contributed by atoms with Crippen molar-refractivity contribution < 1.29 is 18.9 Å². The third kappa shape index (κ3) is 2.63. The molecule has 176 valence electrons. The van der Waals surface area contributed by atoms with Crippen molar-refractivity contribution in [3.05, 3.63) is 5.16 Å². The van der Waals surface area contributed by atoms with Gasteiger partial charge in [0.25, 0.3) is 0 Å². The third-order valence-electron chi connectivity index (χ3n) is 14.1. The minimum atomic E-state index is -2.07. The molecule has 0 N–H and O–H groups in total. The maximum Gasteiger partial charge on any atom is 1.00 e. The molecule has 12 fully saturated rings. The van der Waals surface area contributed by atoms with E-state index in [4.69, 9.17) is 0 Å². The standard InChI is InChI=1S/C30H45NP.Li/c31-32(28-10-19-1-20(11-28)3-21(2-19)12-28,29-13-22-4-23(14-29)6-24(5-22)15-29)30-16-25-7-26(17-30)9-27(8-25)18-30;/h19-27H,1-18H2;/q-1;+1. The topological polar surface area (TPSA) is 22.3 Å². The first-order chi connectivity index (χ1) is 15.5. The summed E-state index contributed by atoms with van der Waals surface area (Å²) < 4.78 is 0. The Morgan fingerprint density at radius 2 is 0.515 bits per heavy atom. The van der Waals surface area contributed by atoms with E-state index in [9.17, 15) is 5.16 Å². The van der Waals surface area contributed by atoms with E-state index in [-0.39, 0.29) is 18.9 Å². The molecule has 12 saturated carbocycles. The van der Waals surface area contributed by atoms with Gasteiger partial charge in [0, 0.05) is 0 Å². The Balaban J connectivity index is 0.00000178. The van der Waals surface area contributed by atoms with Crippen molar-refractivity contribution >= 4 is 7.05 Å². The first-order valence-electron chi connectivity index (χ1n) is 15.1. The molecule has 12 bridgehead atoms. The zero-order valence-electron chi connectivity index (χ0n) is 21.3. The molecule has 1 nitrogen and oxygen atoms in total. The van der Waals surface area contributed by atoms with Gasteiger partial charge < -0.3 is 5.16 Å². The second-order valence-corrected chi connectivity index (χ2v) is 20.2. The van der Waals surface area contributed by atoms with Crippen molar-refractivity contribution in [2.75, 3.05) is 0 Å². The van der Waals surface area contributed by atoms with Gasteiger partial charge in [-0.25, -0.2) is 7.05 Å². The summed E-state index contributed by atoms with van der Waals surface area (Å²) in [6.45, 7) is 0. The first kappa shape index (κ1) is 21.9. The van der Waals surface area contributed by atoms with Crippen LogP contribution >= 0.6 is 7.05 Å². The Bertz CT molecular complexity index is 685. The molecule has 12 aliphatic rings. The van der Waals surface area contributed by atoms with Gasteiger partial charge in [0.15, 0.2) is 0 Å². The van der Waals surface area contributed by atoms with Crippen LogP contribution in [0.1, 0.15) is 116 Å². The molecule has 0 radical (unpaired) electrons. The molecule has 3 heteroatoms. The van der Waals surface area contributed by atoms with Crippen molar-refractivity contribution in [3.63, 3.8) is 0 Å². The Labute approximate surface area is 214 Å². The van der Waals surface area contributed by atoms with E-state index in [0.717, 1.165) is 53.3 Å². The van der Waals surface area contributed by atoms with Crippen molar-refractivity contribution in [1.29, 1.82) is 0 Å². The fourth-order valence-electron chi connectivity index (χ4n) is 14.9. The quantitative estimate of drug-likeness (QED) is 0.385. The predicted molar refractivity (Wildman–Crippen MR) is 133 cm³/mol. The van der Waals surface area contributed by atoms with E-state index >= 15 is 0 Å². The van der Waals surface area contributed by atoms with Gasteiger partial charge in [0.2, 0.25) is 0 Å². The third-order valence-corrected chi connectivity index (χ3v) is 19.8. The van der Waals surface area contributed by atoms with Crippen LogP contribution < -0.4 is 18.9 Å². The van der Waals surface area contributed by atoms with Gasteiger partial charge in [-0.2, -0.15) is 0 Å². The predicted octanol–water partition coefficient (Wildman–Crippen LogP) is 5.67. The van der Waals surface area contributed by atoms with Gasteiger partial charge in [0.05, 0.1) is 0 Å². The fourth-order valence-corrected chi connectivity index (χ4v) is 22.6. The summed E-state index contributed by atoms with van der Waals surface area (Å²) in [7, 11) is -2.07. The molecule has 0 saturated heterocycles. The van der Waals surface area contributed by atoms with Crippen LogP contribution in [-0.4, -0.2) is 15.5 Å². The second-order valence-electron chi connectivity index (χ2n) is 16.1. The van der Waals surface area contributed by atoms with Crippen molar-refractivity contribution in [2.45, 2.75) is 131 Å². The average molecular weight is 458 g/mol. The van der Waals surface area contributed by atoms with Gasteiger partial charge in [-0.3, -0.25) is 0 Å². The molecule has 0 heterocycles. The molecule has 12 rings (SSSR count). The SMILES string of the molecule is [Li+].[N-]=P(C12CC3CC(CC(C3)C1)C2)(C12CC3CC(CC(C3)C1)C2)C12CC3CC(CC(C3)C1)C2. The molecule has 0 unspecified atom stereocenters. The van der Waals surface area contributed by atoms with Crippen LogP contribution in [0.4, 0.5) is 0 Å². The van der Waals surface area contributed by atoms with Crippen LogP contribution in [-0.2, 0) is 0 Å². The van der Waals surface area contributed by atoms with Crippen LogP contribution in [0.2, 0.25) is 0 Å². The summed E-state index contributed by atoms with van der Waals surface area (Å²) in [6.07, 6.45) is 27.2. The number of hydrogen-bond donors (Lipinski definition) is 0. The molecule has 0 aliphatic heterocycles. The molecular weight excluding hydrogens is 412 g/mol. The molecule has 0 amide bonds. The van der Waals surface area contributed by atoms with Crippen LogP contribution in [0.15, 0.2) is 0 Å². The summed E-state index contributed by atoms with van der Waals surface area (Å²) in [6, 6.07) is 0. The van der Waals surface area contributed by atoms with E-state index in [1.807, 2.05) is 0 Å². The molecule has 0 aromatic rings. The average Bonchev–Trinajstić information content (AvgIpc) is 2.70. The van der Waals surface area contributed by atoms with Crippen molar-refractivity contribution in [3.8, 4) is 0 Å². The Morgan fingerprint density at radius 3 is 0.667 bits per heavy atom. The molecule has 0 atom stereocenters. The van der Waals surface area contributed by atoms with E-state index in [0.29, 0.717) is 15.5 Å². The summed E-state index contributed by atoms with van der Waals surface area (Å²) in [5.74, 6) is 8.96. The summed E-state index contributed by atoms with van der Waals surface area (Å²) in [4.78, 5) is 0. The molecule has 0 spiro atoms. The van der Waals surface area contributed by atoms with Crippen LogP contribution in [0, 0.1) is 53.3 Å². The number of nitrogens with zero attached hydrogens (tertiary/aromatic N) is 1. The second kappa shape index (κ2) is 6.82. The van der Waals surface area contributed by atoms with Gasteiger partial charge in [-0.15, -0.1) is 0 Å². The Hall–Kier alpha value is 0.827. The Kier molecular flexibility index (Phi) is 4.52. The van der Waals surface area contributed by atoms with Gasteiger partial charge in [-0.1, -0.05) is 0 Å². The van der Waals surface area contributed by atoms with Crippen LogP contribution in [0.5, 0.6) is 0 Å². The molecule has 33 heavy (non-hydrogen) atoms. The normalized spacial score (nSPS) is 63.0. The zero-order valence-corrected chi connectivity index (χ0v) is 22.2. The van der Waals surface area contributed by atoms with Gasteiger partial charge >= 0.3 is 18.9 Å². The summed E-state index contributed by atoms with van der Waals surface area (Å²) in [5.41, 5.74) is 0. The van der Waals surface area contributed by atoms with Crippen LogP contribution in [0.3, 0.4) is 0 Å². The Morgan fingerprint density at radius 1 is 0.364 bits per heavy atom. The molecular formula is C30H45LiNP. The maximum atomic E-state index is 14.2. The number of rotatable bonds is 3. The minimum absolute atomic E-state index is 0. The monoisotopic (exact) mass is 457 g/mol. The van der Waals surface area contributed by atoms with Crippen LogP contribution in [0.25, 0.3) is 5.16 Å².